The second-order valence-electron chi connectivity index (χ2n) is 3.99. The number of ether oxygens (including phenoxy) is 1. The van der Waals surface area contributed by atoms with E-state index in [0.717, 1.165) is 0 Å². The second kappa shape index (κ2) is 4.47. The zero-order chi connectivity index (χ0) is 14.4. The molecular weight excluding hydrogens is 269 g/mol. The predicted octanol–water partition coefficient (Wildman–Crippen LogP) is -1.15. The van der Waals surface area contributed by atoms with Gasteiger partial charge in [0.05, 0.1) is 12.8 Å². The number of anilines is 1. The molecule has 4 unspecified atom stereocenters. The summed E-state index contributed by atoms with van der Waals surface area (Å²) in [7, 11) is 0. The van der Waals surface area contributed by atoms with Crippen molar-refractivity contribution in [2.24, 2.45) is 0 Å². The van der Waals surface area contributed by atoms with Crippen LogP contribution in [-0.2, 0) is 4.74 Å². The molecular formula is C9H10F3N3O4. The summed E-state index contributed by atoms with van der Waals surface area (Å²) in [5, 5.41) is 18.1. The first-order chi connectivity index (χ1) is 8.78. The second-order valence-corrected chi connectivity index (χ2v) is 3.99. The van der Waals surface area contributed by atoms with E-state index in [1.165, 1.54) is 0 Å². The lowest BCUT2D eigenvalue weighted by atomic mass is 10.1. The topological polar surface area (TPSA) is 111 Å². The van der Waals surface area contributed by atoms with Crippen LogP contribution >= 0.6 is 0 Å². The van der Waals surface area contributed by atoms with Crippen molar-refractivity contribution >= 4 is 5.82 Å². The molecule has 0 bridgehead atoms. The number of nitrogens with two attached hydrogens (primary N) is 1. The molecule has 1 aromatic rings. The van der Waals surface area contributed by atoms with Crippen molar-refractivity contribution in [1.29, 1.82) is 0 Å². The Morgan fingerprint density at radius 3 is 2.74 bits per heavy atom. The third kappa shape index (κ3) is 2.07. The normalized spacial score (nSPS) is 34.7. The van der Waals surface area contributed by atoms with Gasteiger partial charge in [0, 0.05) is 0 Å². The zero-order valence-electron chi connectivity index (χ0n) is 9.33. The monoisotopic (exact) mass is 279 g/mol. The first-order valence-electron chi connectivity index (χ1n) is 5.15. The van der Waals surface area contributed by atoms with Gasteiger partial charge in [-0.25, -0.2) is 9.18 Å². The summed E-state index contributed by atoms with van der Waals surface area (Å²) in [5.41, 5.74) is 3.76. The Bertz CT molecular complexity index is 550. The summed E-state index contributed by atoms with van der Waals surface area (Å²) in [5.74, 6) is -5.80. The van der Waals surface area contributed by atoms with Crippen molar-refractivity contribution in [1.82, 2.24) is 9.55 Å². The van der Waals surface area contributed by atoms with Crippen LogP contribution in [0.2, 0.25) is 0 Å². The molecule has 0 saturated carbocycles. The number of nitrogens with zero attached hydrogens (tertiary/aromatic N) is 2. The van der Waals surface area contributed by atoms with Crippen molar-refractivity contribution in [2.45, 2.75) is 24.4 Å². The van der Waals surface area contributed by atoms with Crippen LogP contribution in [0.4, 0.5) is 19.0 Å². The van der Waals surface area contributed by atoms with Gasteiger partial charge in [0.2, 0.25) is 6.23 Å². The molecule has 10 heteroatoms. The first kappa shape index (κ1) is 13.8. The molecule has 1 fully saturated rings. The quantitative estimate of drug-likeness (QED) is 0.630. The molecule has 0 spiro atoms. The van der Waals surface area contributed by atoms with Crippen molar-refractivity contribution in [3.05, 3.63) is 22.5 Å². The summed E-state index contributed by atoms with van der Waals surface area (Å²) < 4.78 is 45.5. The highest BCUT2D eigenvalue weighted by Gasteiger charge is 2.59. The van der Waals surface area contributed by atoms with Gasteiger partial charge in [-0.05, 0) is 0 Å². The number of nitrogen functional groups attached to an aromatic ring is 1. The van der Waals surface area contributed by atoms with E-state index in [4.69, 9.17) is 10.8 Å². The molecule has 4 N–H and O–H groups in total. The van der Waals surface area contributed by atoms with E-state index >= 15 is 0 Å². The largest absolute Gasteiger partial charge is 0.394 e. The van der Waals surface area contributed by atoms with E-state index in [9.17, 15) is 23.1 Å². The van der Waals surface area contributed by atoms with E-state index in [1.807, 2.05) is 0 Å². The van der Waals surface area contributed by atoms with Gasteiger partial charge in [-0.1, -0.05) is 0 Å². The Morgan fingerprint density at radius 2 is 2.21 bits per heavy atom. The minimum absolute atomic E-state index is 0.185. The summed E-state index contributed by atoms with van der Waals surface area (Å²) >= 11 is 0. The van der Waals surface area contributed by atoms with Crippen molar-refractivity contribution in [3.63, 3.8) is 0 Å². The van der Waals surface area contributed by atoms with Gasteiger partial charge in [-0.3, -0.25) is 4.57 Å². The molecule has 2 rings (SSSR count). The summed E-state index contributed by atoms with van der Waals surface area (Å²) in [6.07, 6.45) is -5.77. The molecule has 0 amide bonds. The molecule has 2 heterocycles. The maximum atomic E-state index is 13.7. The molecule has 7 nitrogen and oxygen atoms in total. The molecule has 0 aliphatic carbocycles. The van der Waals surface area contributed by atoms with Crippen LogP contribution in [0, 0.1) is 5.82 Å². The standard InChI is InChI=1S/C9H10F3N3O4/c10-3-1-15(8(18)14-6(3)13)7-9(11,12)5(17)4(2-16)19-7/h1,4-5,7,16-17H,2H2,(H2,13,14,18)/i10-1,11-1. The van der Waals surface area contributed by atoms with Gasteiger partial charge in [-0.15, -0.1) is 0 Å². The van der Waals surface area contributed by atoms with Crippen molar-refractivity contribution < 1.29 is 28.1 Å². The number of hydrogen-bond donors (Lipinski definition) is 3. The highest BCUT2D eigenvalue weighted by Crippen LogP contribution is 2.42. The van der Waals surface area contributed by atoms with Gasteiger partial charge < -0.3 is 20.7 Å². The van der Waals surface area contributed by atoms with Crippen LogP contribution in [0.1, 0.15) is 6.23 Å². The highest BCUT2D eigenvalue weighted by molar-refractivity contribution is 5.26. The average Bonchev–Trinajstić information content (AvgIpc) is 2.56. The Labute approximate surface area is 104 Å². The third-order valence-corrected chi connectivity index (χ3v) is 2.75. The number of aromatic nitrogens is 2. The highest BCUT2D eigenvalue weighted by atomic mass is 19.2. The van der Waals surface area contributed by atoms with Gasteiger partial charge in [0.1, 0.15) is 6.10 Å². The Kier molecular flexibility index (Phi) is 3.24. The summed E-state index contributed by atoms with van der Waals surface area (Å²) in [4.78, 5) is 14.4. The number of rotatable bonds is 2. The summed E-state index contributed by atoms with van der Waals surface area (Å²) in [6, 6.07) is 0. The number of halogens is 3. The Hall–Kier alpha value is -1.65. The lowest BCUT2D eigenvalue weighted by molar-refractivity contribution is -0.141. The van der Waals surface area contributed by atoms with Crippen molar-refractivity contribution in [3.8, 4) is 0 Å². The number of alkyl halides is 2. The molecule has 1 aliphatic heterocycles. The lowest BCUT2D eigenvalue weighted by Gasteiger charge is -2.21. The Balaban J connectivity index is 2.48. The Morgan fingerprint density at radius 1 is 1.58 bits per heavy atom. The van der Waals surface area contributed by atoms with Crippen LogP contribution in [0.25, 0.3) is 0 Å². The van der Waals surface area contributed by atoms with Crippen LogP contribution in [0.3, 0.4) is 0 Å². The van der Waals surface area contributed by atoms with Crippen LogP contribution in [-0.4, -0.2) is 44.5 Å². The van der Waals surface area contributed by atoms with Crippen LogP contribution < -0.4 is 11.4 Å². The SMILES string of the molecule is Nc1nc(=O)n(C2OC(CO)C(O)C2(F)[18F])cc1[18F]. The third-order valence-electron chi connectivity index (χ3n) is 2.75. The maximum absolute atomic E-state index is 13.7. The molecule has 106 valence electrons. The molecule has 1 aliphatic rings. The van der Waals surface area contributed by atoms with Gasteiger partial charge in [0.15, 0.2) is 17.7 Å². The van der Waals surface area contributed by atoms with Gasteiger partial charge >= 0.3 is 11.6 Å². The minimum atomic E-state index is -3.89. The van der Waals surface area contributed by atoms with E-state index in [0.29, 0.717) is 6.20 Å². The molecule has 4 atom stereocenters. The minimum Gasteiger partial charge on any atom is -0.394 e. The molecule has 1 saturated heterocycles. The van der Waals surface area contributed by atoms with Crippen LogP contribution in [0.5, 0.6) is 0 Å². The fraction of sp³-hybridized carbons (Fsp3) is 0.556. The smallest absolute Gasteiger partial charge is 0.352 e. The maximum Gasteiger partial charge on any atom is 0.352 e. The number of aliphatic hydroxyl groups is 2. The first-order valence-corrected chi connectivity index (χ1v) is 5.15. The average molecular weight is 279 g/mol. The van der Waals surface area contributed by atoms with E-state index in [1.54, 1.807) is 0 Å². The number of aliphatic hydroxyl groups excluding tert-OH is 2. The van der Waals surface area contributed by atoms with Gasteiger partial charge in [-0.2, -0.15) is 13.8 Å². The van der Waals surface area contributed by atoms with E-state index in [-0.39, 0.29) is 4.57 Å². The molecule has 1 aromatic heterocycles. The fourth-order valence-electron chi connectivity index (χ4n) is 1.74. The van der Waals surface area contributed by atoms with E-state index in [2.05, 4.69) is 9.72 Å². The van der Waals surface area contributed by atoms with E-state index < -0.39 is 48.3 Å². The lowest BCUT2D eigenvalue weighted by Crippen LogP contribution is -2.42. The van der Waals surface area contributed by atoms with Gasteiger partial charge in [0.25, 0.3) is 0 Å². The molecule has 0 aromatic carbocycles. The molecule has 19 heavy (non-hydrogen) atoms. The van der Waals surface area contributed by atoms with Crippen LogP contribution in [0.15, 0.2) is 11.0 Å². The van der Waals surface area contributed by atoms with Crippen molar-refractivity contribution in [2.75, 3.05) is 12.3 Å². The predicted molar refractivity (Wildman–Crippen MR) is 54.8 cm³/mol. The summed E-state index contributed by atoms with van der Waals surface area (Å²) in [6.45, 7) is -0.882. The fourth-order valence-corrected chi connectivity index (χ4v) is 1.74. The zero-order valence-corrected chi connectivity index (χ0v) is 9.33. The number of hydrogen-bond acceptors (Lipinski definition) is 6. The molecule has 0 radical (unpaired) electrons.